The predicted octanol–water partition coefficient (Wildman–Crippen LogP) is 4.13. The molecule has 0 aromatic heterocycles. The third kappa shape index (κ3) is 4.69. The van der Waals surface area contributed by atoms with E-state index in [2.05, 4.69) is 0 Å². The zero-order valence-electron chi connectivity index (χ0n) is 15.4. The van der Waals surface area contributed by atoms with E-state index in [1.165, 1.54) is 4.90 Å². The van der Waals surface area contributed by atoms with Gasteiger partial charge in [-0.05, 0) is 52.0 Å². The second kappa shape index (κ2) is 7.97. The number of carbonyl (C=O) groups is 2. The molecule has 132 valence electrons. The highest BCUT2D eigenvalue weighted by atomic mass is 16.5. The lowest BCUT2D eigenvalue weighted by molar-refractivity contribution is 0.0675. The molecule has 0 aliphatic carbocycles. The fraction of sp³-hybridized carbons (Fsp3) is 0.333. The summed E-state index contributed by atoms with van der Waals surface area (Å²) >= 11 is 0. The summed E-state index contributed by atoms with van der Waals surface area (Å²) in [6.45, 7) is 7.62. The van der Waals surface area contributed by atoms with Crippen LogP contribution in [-0.4, -0.2) is 35.8 Å². The van der Waals surface area contributed by atoms with E-state index in [0.29, 0.717) is 11.1 Å². The summed E-state index contributed by atoms with van der Waals surface area (Å²) in [5, 5.41) is 0. The van der Waals surface area contributed by atoms with Gasteiger partial charge in [-0.1, -0.05) is 29.8 Å². The van der Waals surface area contributed by atoms with Crippen LogP contribution in [0.3, 0.4) is 0 Å². The van der Waals surface area contributed by atoms with Crippen molar-refractivity contribution in [2.45, 2.75) is 39.8 Å². The lowest BCUT2D eigenvalue weighted by Crippen LogP contribution is -2.40. The topological polar surface area (TPSA) is 46.6 Å². The first-order valence-electron chi connectivity index (χ1n) is 8.44. The second-order valence-corrected chi connectivity index (χ2v) is 6.51. The summed E-state index contributed by atoms with van der Waals surface area (Å²) in [4.78, 5) is 26.7. The highest BCUT2D eigenvalue weighted by Crippen LogP contribution is 2.17. The molecule has 2 aromatic rings. The van der Waals surface area contributed by atoms with Crippen LogP contribution >= 0.6 is 0 Å². The Bertz CT molecular complexity index is 733. The Labute approximate surface area is 149 Å². The largest absolute Gasteiger partial charge is 0.491 e. The Morgan fingerprint density at radius 3 is 1.92 bits per heavy atom. The maximum absolute atomic E-state index is 12.6. The SMILES string of the molecule is Cc1ccc(C(=O)C(C)N(C)C(=O)c2ccc(OC(C)C)cc2)cc1. The molecule has 1 unspecified atom stereocenters. The van der Waals surface area contributed by atoms with Crippen molar-refractivity contribution in [2.75, 3.05) is 7.05 Å². The second-order valence-electron chi connectivity index (χ2n) is 6.51. The number of aryl methyl sites for hydroxylation is 1. The molecule has 4 heteroatoms. The van der Waals surface area contributed by atoms with Crippen molar-refractivity contribution in [3.05, 3.63) is 65.2 Å². The molecule has 4 nitrogen and oxygen atoms in total. The van der Waals surface area contributed by atoms with E-state index in [1.807, 2.05) is 32.9 Å². The van der Waals surface area contributed by atoms with Crippen molar-refractivity contribution in [1.82, 2.24) is 4.90 Å². The van der Waals surface area contributed by atoms with Crippen LogP contribution in [-0.2, 0) is 0 Å². The van der Waals surface area contributed by atoms with Gasteiger partial charge in [0.25, 0.3) is 5.91 Å². The van der Waals surface area contributed by atoms with Crippen LogP contribution in [0.5, 0.6) is 5.75 Å². The standard InChI is InChI=1S/C21H25NO3/c1-14(2)25-19-12-10-18(11-13-19)21(24)22(5)16(4)20(23)17-8-6-15(3)7-9-17/h6-14,16H,1-5H3. The van der Waals surface area contributed by atoms with Gasteiger partial charge in [0.1, 0.15) is 5.75 Å². The van der Waals surface area contributed by atoms with E-state index in [-0.39, 0.29) is 17.8 Å². The number of rotatable bonds is 6. The van der Waals surface area contributed by atoms with Gasteiger partial charge in [-0.2, -0.15) is 0 Å². The van der Waals surface area contributed by atoms with Crippen LogP contribution < -0.4 is 4.74 Å². The van der Waals surface area contributed by atoms with Crippen LogP contribution in [0, 0.1) is 6.92 Å². The molecule has 0 saturated heterocycles. The number of ether oxygens (including phenoxy) is 1. The van der Waals surface area contributed by atoms with Crippen LogP contribution in [0.4, 0.5) is 0 Å². The summed E-state index contributed by atoms with van der Waals surface area (Å²) in [7, 11) is 1.65. The monoisotopic (exact) mass is 339 g/mol. The third-order valence-corrected chi connectivity index (χ3v) is 4.09. The van der Waals surface area contributed by atoms with E-state index in [4.69, 9.17) is 4.74 Å². The molecule has 0 heterocycles. The number of likely N-dealkylation sites (N-methyl/N-ethyl adjacent to an activating group) is 1. The predicted molar refractivity (Wildman–Crippen MR) is 99.3 cm³/mol. The molecular formula is C21H25NO3. The molecule has 0 radical (unpaired) electrons. The van der Waals surface area contributed by atoms with Crippen molar-refractivity contribution >= 4 is 11.7 Å². The van der Waals surface area contributed by atoms with E-state index < -0.39 is 6.04 Å². The van der Waals surface area contributed by atoms with Gasteiger partial charge < -0.3 is 9.64 Å². The molecule has 2 aromatic carbocycles. The quantitative estimate of drug-likeness (QED) is 0.744. The Morgan fingerprint density at radius 2 is 1.40 bits per heavy atom. The van der Waals surface area contributed by atoms with Gasteiger partial charge in [-0.15, -0.1) is 0 Å². The number of carbonyl (C=O) groups excluding carboxylic acids is 2. The Hall–Kier alpha value is -2.62. The fourth-order valence-corrected chi connectivity index (χ4v) is 2.46. The lowest BCUT2D eigenvalue weighted by atomic mass is 10.0. The Morgan fingerprint density at radius 1 is 0.880 bits per heavy atom. The molecule has 0 fully saturated rings. The third-order valence-electron chi connectivity index (χ3n) is 4.09. The first-order valence-corrected chi connectivity index (χ1v) is 8.44. The van der Waals surface area contributed by atoms with Gasteiger partial charge in [0.2, 0.25) is 0 Å². The van der Waals surface area contributed by atoms with Crippen LogP contribution in [0.25, 0.3) is 0 Å². The summed E-state index contributed by atoms with van der Waals surface area (Å²) in [5.41, 5.74) is 2.23. The highest BCUT2D eigenvalue weighted by Gasteiger charge is 2.24. The molecule has 2 rings (SSSR count). The molecule has 0 bridgehead atoms. The summed E-state index contributed by atoms with van der Waals surface area (Å²) in [6, 6.07) is 13.8. The lowest BCUT2D eigenvalue weighted by Gasteiger charge is -2.24. The van der Waals surface area contributed by atoms with Gasteiger partial charge in [-0.25, -0.2) is 0 Å². The molecule has 1 atom stereocenters. The van der Waals surface area contributed by atoms with E-state index in [1.54, 1.807) is 50.4 Å². The highest BCUT2D eigenvalue weighted by molar-refractivity contribution is 6.04. The number of Topliss-reactive ketones (excluding diaryl/α,β-unsaturated/α-hetero) is 1. The molecule has 0 aliphatic heterocycles. The summed E-state index contributed by atoms with van der Waals surface area (Å²) in [6.07, 6.45) is 0.0800. The molecular weight excluding hydrogens is 314 g/mol. The number of nitrogens with zero attached hydrogens (tertiary/aromatic N) is 1. The number of ketones is 1. The number of hydrogen-bond acceptors (Lipinski definition) is 3. The Kier molecular flexibility index (Phi) is 5.97. The van der Waals surface area contributed by atoms with Gasteiger partial charge >= 0.3 is 0 Å². The zero-order chi connectivity index (χ0) is 18.6. The Balaban J connectivity index is 2.10. The molecule has 0 aliphatic rings. The molecule has 0 N–H and O–H groups in total. The normalized spacial score (nSPS) is 11.9. The number of amides is 1. The molecule has 0 spiro atoms. The first kappa shape index (κ1) is 18.7. The van der Waals surface area contributed by atoms with Crippen LogP contribution in [0.2, 0.25) is 0 Å². The van der Waals surface area contributed by atoms with Crippen LogP contribution in [0.1, 0.15) is 47.1 Å². The fourth-order valence-electron chi connectivity index (χ4n) is 2.46. The van der Waals surface area contributed by atoms with Gasteiger partial charge in [0, 0.05) is 18.2 Å². The van der Waals surface area contributed by atoms with Gasteiger partial charge in [0.05, 0.1) is 12.1 Å². The number of benzene rings is 2. The summed E-state index contributed by atoms with van der Waals surface area (Å²) in [5.74, 6) is 0.456. The molecule has 25 heavy (non-hydrogen) atoms. The van der Waals surface area contributed by atoms with E-state index >= 15 is 0 Å². The molecule has 1 amide bonds. The van der Waals surface area contributed by atoms with Crippen molar-refractivity contribution < 1.29 is 14.3 Å². The van der Waals surface area contributed by atoms with Gasteiger partial charge in [0.15, 0.2) is 5.78 Å². The van der Waals surface area contributed by atoms with Crippen molar-refractivity contribution in [1.29, 1.82) is 0 Å². The molecule has 0 saturated carbocycles. The zero-order valence-corrected chi connectivity index (χ0v) is 15.4. The number of hydrogen-bond donors (Lipinski definition) is 0. The minimum absolute atomic E-state index is 0.0735. The van der Waals surface area contributed by atoms with E-state index in [9.17, 15) is 9.59 Å². The van der Waals surface area contributed by atoms with E-state index in [0.717, 1.165) is 11.3 Å². The van der Waals surface area contributed by atoms with Crippen molar-refractivity contribution in [3.8, 4) is 5.75 Å². The maximum atomic E-state index is 12.6. The van der Waals surface area contributed by atoms with Crippen molar-refractivity contribution in [2.24, 2.45) is 0 Å². The van der Waals surface area contributed by atoms with Crippen molar-refractivity contribution in [3.63, 3.8) is 0 Å². The van der Waals surface area contributed by atoms with Gasteiger partial charge in [-0.3, -0.25) is 9.59 Å². The van der Waals surface area contributed by atoms with Crippen LogP contribution in [0.15, 0.2) is 48.5 Å². The average molecular weight is 339 g/mol. The average Bonchev–Trinajstić information content (AvgIpc) is 2.60. The minimum atomic E-state index is -0.540. The smallest absolute Gasteiger partial charge is 0.254 e. The first-order chi connectivity index (χ1) is 11.8. The summed E-state index contributed by atoms with van der Waals surface area (Å²) < 4.78 is 5.58. The minimum Gasteiger partial charge on any atom is -0.491 e. The maximum Gasteiger partial charge on any atom is 0.254 e.